The lowest BCUT2D eigenvalue weighted by atomic mass is 9.97. The van der Waals surface area contributed by atoms with Gasteiger partial charge in [0.2, 0.25) is 0 Å². The van der Waals surface area contributed by atoms with E-state index in [0.717, 1.165) is 30.8 Å². The summed E-state index contributed by atoms with van der Waals surface area (Å²) in [5.74, 6) is -0.190. The smallest absolute Gasteiger partial charge is 0.123 e. The van der Waals surface area contributed by atoms with E-state index in [4.69, 9.17) is 0 Å². The van der Waals surface area contributed by atoms with Gasteiger partial charge in [-0.3, -0.25) is 0 Å². The second-order valence-electron chi connectivity index (χ2n) is 6.58. The first-order chi connectivity index (χ1) is 12.3. The third kappa shape index (κ3) is 3.49. The zero-order chi connectivity index (χ0) is 17.1. The first kappa shape index (κ1) is 16.0. The highest BCUT2D eigenvalue weighted by Gasteiger charge is 2.20. The number of benzene rings is 2. The molecule has 1 saturated heterocycles. The maximum Gasteiger partial charge on any atom is 0.123 e. The molecule has 4 rings (SSSR count). The van der Waals surface area contributed by atoms with Crippen molar-refractivity contribution in [3.8, 4) is 11.3 Å². The number of rotatable bonds is 5. The van der Waals surface area contributed by atoms with Crippen LogP contribution in [0.2, 0.25) is 0 Å². The standard InChI is InChI=1S/C21H22FN3/c22-17-9-7-16(8-10-17)11-13-25-15-23-14-21(25)19-5-2-1-4-18(19)20-6-3-12-24-20/h1-2,4-5,7-10,14-15,20,24H,3,6,11-13H2. The number of imidazole rings is 1. The first-order valence-corrected chi connectivity index (χ1v) is 8.88. The molecule has 1 atom stereocenters. The van der Waals surface area contributed by atoms with E-state index in [9.17, 15) is 4.39 Å². The molecule has 0 aliphatic carbocycles. The average molecular weight is 335 g/mol. The molecule has 1 aliphatic heterocycles. The van der Waals surface area contributed by atoms with Gasteiger partial charge in [0, 0.05) is 18.2 Å². The molecule has 0 bridgehead atoms. The van der Waals surface area contributed by atoms with Gasteiger partial charge in [0.25, 0.3) is 0 Å². The number of hydrogen-bond donors (Lipinski definition) is 1. The van der Waals surface area contributed by atoms with E-state index in [0.29, 0.717) is 6.04 Å². The fraction of sp³-hybridized carbons (Fsp3) is 0.286. The van der Waals surface area contributed by atoms with Crippen LogP contribution in [0, 0.1) is 5.82 Å². The number of aromatic nitrogens is 2. The van der Waals surface area contributed by atoms with Crippen molar-refractivity contribution >= 4 is 0 Å². The van der Waals surface area contributed by atoms with E-state index in [-0.39, 0.29) is 5.82 Å². The number of halogens is 1. The summed E-state index contributed by atoms with van der Waals surface area (Å²) < 4.78 is 15.2. The Morgan fingerprint density at radius 1 is 1.12 bits per heavy atom. The Balaban J connectivity index is 1.58. The van der Waals surface area contributed by atoms with Gasteiger partial charge in [0.1, 0.15) is 5.82 Å². The molecule has 3 nitrogen and oxygen atoms in total. The number of aryl methyl sites for hydroxylation is 2. The van der Waals surface area contributed by atoms with E-state index in [2.05, 4.69) is 39.1 Å². The summed E-state index contributed by atoms with van der Waals surface area (Å²) >= 11 is 0. The molecule has 0 saturated carbocycles. The highest BCUT2D eigenvalue weighted by molar-refractivity contribution is 5.64. The van der Waals surface area contributed by atoms with Gasteiger partial charge in [-0.05, 0) is 49.1 Å². The average Bonchev–Trinajstić information content (AvgIpc) is 3.33. The van der Waals surface area contributed by atoms with E-state index < -0.39 is 0 Å². The molecule has 1 N–H and O–H groups in total. The van der Waals surface area contributed by atoms with Gasteiger partial charge in [-0.2, -0.15) is 0 Å². The molecular formula is C21H22FN3. The van der Waals surface area contributed by atoms with Crippen LogP contribution in [0.1, 0.15) is 30.0 Å². The van der Waals surface area contributed by atoms with Gasteiger partial charge in [-0.1, -0.05) is 36.4 Å². The lowest BCUT2D eigenvalue weighted by Crippen LogP contribution is -2.14. The van der Waals surface area contributed by atoms with Crippen LogP contribution in [0.5, 0.6) is 0 Å². The minimum Gasteiger partial charge on any atom is -0.330 e. The minimum atomic E-state index is -0.190. The molecule has 128 valence electrons. The highest BCUT2D eigenvalue weighted by Crippen LogP contribution is 2.32. The SMILES string of the molecule is Fc1ccc(CCn2cncc2-c2ccccc2C2CCCN2)cc1. The van der Waals surface area contributed by atoms with E-state index >= 15 is 0 Å². The van der Waals surface area contributed by atoms with Gasteiger partial charge < -0.3 is 9.88 Å². The van der Waals surface area contributed by atoms with Gasteiger partial charge in [0.05, 0.1) is 18.2 Å². The lowest BCUT2D eigenvalue weighted by Gasteiger charge is -2.17. The summed E-state index contributed by atoms with van der Waals surface area (Å²) in [7, 11) is 0. The topological polar surface area (TPSA) is 29.9 Å². The number of hydrogen-bond acceptors (Lipinski definition) is 2. The summed E-state index contributed by atoms with van der Waals surface area (Å²) in [6, 6.07) is 15.8. The van der Waals surface area contributed by atoms with Gasteiger partial charge in [-0.15, -0.1) is 0 Å². The monoisotopic (exact) mass is 335 g/mol. The van der Waals surface area contributed by atoms with Crippen molar-refractivity contribution in [2.45, 2.75) is 31.8 Å². The molecule has 4 heteroatoms. The van der Waals surface area contributed by atoms with Gasteiger partial charge >= 0.3 is 0 Å². The van der Waals surface area contributed by atoms with Crippen molar-refractivity contribution in [2.24, 2.45) is 0 Å². The van der Waals surface area contributed by atoms with E-state index in [1.807, 2.05) is 24.7 Å². The van der Waals surface area contributed by atoms with Crippen LogP contribution in [-0.2, 0) is 13.0 Å². The molecule has 0 spiro atoms. The molecule has 0 radical (unpaired) electrons. The van der Waals surface area contributed by atoms with Crippen LogP contribution < -0.4 is 5.32 Å². The third-order valence-electron chi connectivity index (χ3n) is 4.94. The van der Waals surface area contributed by atoms with Crippen LogP contribution in [0.4, 0.5) is 4.39 Å². The number of nitrogens with zero attached hydrogens (tertiary/aromatic N) is 2. The Morgan fingerprint density at radius 2 is 1.96 bits per heavy atom. The number of nitrogens with one attached hydrogen (secondary N) is 1. The van der Waals surface area contributed by atoms with Crippen LogP contribution in [0.3, 0.4) is 0 Å². The van der Waals surface area contributed by atoms with Crippen LogP contribution in [-0.4, -0.2) is 16.1 Å². The Bertz CT molecular complexity index is 832. The van der Waals surface area contributed by atoms with Crippen molar-refractivity contribution in [3.63, 3.8) is 0 Å². The molecule has 1 aliphatic rings. The van der Waals surface area contributed by atoms with Crippen LogP contribution in [0.15, 0.2) is 61.1 Å². The zero-order valence-electron chi connectivity index (χ0n) is 14.2. The molecule has 1 aromatic heterocycles. The maximum absolute atomic E-state index is 13.1. The predicted octanol–water partition coefficient (Wildman–Crippen LogP) is 4.36. The molecule has 2 aromatic carbocycles. The Kier molecular flexibility index (Phi) is 4.61. The second kappa shape index (κ2) is 7.19. The molecule has 3 aromatic rings. The zero-order valence-corrected chi connectivity index (χ0v) is 14.2. The minimum absolute atomic E-state index is 0.190. The predicted molar refractivity (Wildman–Crippen MR) is 97.7 cm³/mol. The van der Waals surface area contributed by atoms with Crippen molar-refractivity contribution in [1.82, 2.24) is 14.9 Å². The second-order valence-corrected chi connectivity index (χ2v) is 6.58. The van der Waals surface area contributed by atoms with E-state index in [1.54, 1.807) is 0 Å². The third-order valence-corrected chi connectivity index (χ3v) is 4.94. The first-order valence-electron chi connectivity index (χ1n) is 8.88. The lowest BCUT2D eigenvalue weighted by molar-refractivity contribution is 0.625. The summed E-state index contributed by atoms with van der Waals surface area (Å²) in [4.78, 5) is 4.38. The van der Waals surface area contributed by atoms with Crippen molar-refractivity contribution < 1.29 is 4.39 Å². The van der Waals surface area contributed by atoms with E-state index in [1.165, 1.54) is 36.1 Å². The van der Waals surface area contributed by atoms with Crippen molar-refractivity contribution in [2.75, 3.05) is 6.54 Å². The van der Waals surface area contributed by atoms with Crippen molar-refractivity contribution in [3.05, 3.63) is 78.0 Å². The molecule has 1 fully saturated rings. The largest absolute Gasteiger partial charge is 0.330 e. The molecule has 25 heavy (non-hydrogen) atoms. The summed E-state index contributed by atoms with van der Waals surface area (Å²) in [6.45, 7) is 1.91. The molecule has 2 heterocycles. The summed E-state index contributed by atoms with van der Waals surface area (Å²) in [6.07, 6.45) is 7.09. The Hall–Kier alpha value is -2.46. The Labute approximate surface area is 147 Å². The highest BCUT2D eigenvalue weighted by atomic mass is 19.1. The molecule has 1 unspecified atom stereocenters. The van der Waals surface area contributed by atoms with Crippen LogP contribution >= 0.6 is 0 Å². The fourth-order valence-electron chi connectivity index (χ4n) is 3.61. The summed E-state index contributed by atoms with van der Waals surface area (Å²) in [5.41, 5.74) is 4.88. The fourth-order valence-corrected chi connectivity index (χ4v) is 3.61. The molecular weight excluding hydrogens is 313 g/mol. The summed E-state index contributed by atoms with van der Waals surface area (Å²) in [5, 5.41) is 3.59. The quantitative estimate of drug-likeness (QED) is 0.751. The maximum atomic E-state index is 13.1. The normalized spacial score (nSPS) is 17.1. The van der Waals surface area contributed by atoms with Gasteiger partial charge in [0.15, 0.2) is 0 Å². The Morgan fingerprint density at radius 3 is 2.76 bits per heavy atom. The van der Waals surface area contributed by atoms with Crippen molar-refractivity contribution in [1.29, 1.82) is 0 Å². The van der Waals surface area contributed by atoms with Crippen LogP contribution in [0.25, 0.3) is 11.3 Å². The van der Waals surface area contributed by atoms with Gasteiger partial charge in [-0.25, -0.2) is 9.37 Å². The molecule has 0 amide bonds.